The van der Waals surface area contributed by atoms with Crippen LogP contribution in [0.5, 0.6) is 0 Å². The molecule has 0 aliphatic carbocycles. The van der Waals surface area contributed by atoms with Crippen molar-refractivity contribution in [3.05, 3.63) is 102 Å². The van der Waals surface area contributed by atoms with E-state index in [1.165, 1.54) is 36.8 Å². The van der Waals surface area contributed by atoms with Gasteiger partial charge in [-0.05, 0) is 36.4 Å². The Balaban J connectivity index is 1.43. The second-order valence-corrected chi connectivity index (χ2v) is 10.1. The molecule has 5 aromatic rings. The highest BCUT2D eigenvalue weighted by molar-refractivity contribution is 8.03. The fourth-order valence-electron chi connectivity index (χ4n) is 4.27. The molecule has 3 nitrogen and oxygen atoms in total. The molecule has 6 rings (SSSR count). The lowest BCUT2D eigenvalue weighted by Gasteiger charge is -2.12. The first-order chi connectivity index (χ1) is 16.2. The molecule has 0 amide bonds. The van der Waals surface area contributed by atoms with Gasteiger partial charge >= 0.3 is 0 Å². The molecule has 0 saturated heterocycles. The molecule has 0 saturated carbocycles. The highest BCUT2D eigenvalue weighted by Crippen LogP contribution is 2.44. The maximum atomic E-state index is 4.94. The lowest BCUT2D eigenvalue weighted by atomic mass is 10.1. The molecule has 160 valence electrons. The Morgan fingerprint density at radius 2 is 1.73 bits per heavy atom. The van der Waals surface area contributed by atoms with E-state index in [0.717, 1.165) is 16.2 Å². The molecule has 3 heterocycles. The number of rotatable bonds is 3. The molecule has 5 heteroatoms. The summed E-state index contributed by atoms with van der Waals surface area (Å²) in [5, 5.41) is 3.50. The number of anilines is 1. The van der Waals surface area contributed by atoms with Crippen LogP contribution in [0.15, 0.2) is 101 Å². The number of aryl methyl sites for hydroxylation is 1. The van der Waals surface area contributed by atoms with Crippen LogP contribution >= 0.6 is 23.1 Å². The first-order valence-corrected chi connectivity index (χ1v) is 12.5. The molecule has 0 fully saturated rings. The van der Waals surface area contributed by atoms with Crippen molar-refractivity contribution in [1.82, 2.24) is 4.98 Å². The molecule has 0 atom stereocenters. The maximum absolute atomic E-state index is 4.94. The topological polar surface area (TPSA) is 20.0 Å². The zero-order valence-corrected chi connectivity index (χ0v) is 20.0. The standard InChI is InChI=1S/C28H22N3S2/c1-30-19(10-9-17-27-31(2)24-14-6-8-16-26(24)32-27)18-21(20-11-3-5-13-23(20)30)28-29-22-12-4-7-15-25(22)33-28/h3-18H,1-2H3/q+1. The van der Waals surface area contributed by atoms with E-state index in [9.17, 15) is 0 Å². The Hall–Kier alpha value is -3.41. The Bertz CT molecular complexity index is 1550. The predicted octanol–water partition coefficient (Wildman–Crippen LogP) is 7.04. The summed E-state index contributed by atoms with van der Waals surface area (Å²) in [6, 6.07) is 27.7. The maximum Gasteiger partial charge on any atom is 0.213 e. The Labute approximate surface area is 201 Å². The number of benzene rings is 3. The summed E-state index contributed by atoms with van der Waals surface area (Å²) in [6.07, 6.45) is 6.53. The number of nitrogens with zero attached hydrogens (tertiary/aromatic N) is 3. The van der Waals surface area contributed by atoms with Gasteiger partial charge in [-0.15, -0.1) is 11.3 Å². The first-order valence-electron chi connectivity index (χ1n) is 10.9. The average molecular weight is 465 g/mol. The lowest BCUT2D eigenvalue weighted by molar-refractivity contribution is -0.646. The SMILES string of the molecule is CN1/C(=C/C=C\c2cc(-c3nc4ccccc4s3)c3ccccc3[n+]2C)Sc2ccccc21. The molecule has 0 spiro atoms. The smallest absolute Gasteiger partial charge is 0.213 e. The molecule has 1 aliphatic heterocycles. The van der Waals surface area contributed by atoms with Gasteiger partial charge in [0.15, 0.2) is 0 Å². The molecular weight excluding hydrogens is 442 g/mol. The minimum Gasteiger partial charge on any atom is -0.338 e. The van der Waals surface area contributed by atoms with Crippen molar-refractivity contribution >= 4 is 56.0 Å². The lowest BCUT2D eigenvalue weighted by Crippen LogP contribution is -2.32. The van der Waals surface area contributed by atoms with Crippen LogP contribution in [0, 0.1) is 0 Å². The van der Waals surface area contributed by atoms with Gasteiger partial charge < -0.3 is 4.90 Å². The van der Waals surface area contributed by atoms with Crippen molar-refractivity contribution in [2.45, 2.75) is 4.90 Å². The highest BCUT2D eigenvalue weighted by Gasteiger charge is 2.21. The molecule has 3 aromatic carbocycles. The van der Waals surface area contributed by atoms with Gasteiger partial charge in [-0.2, -0.15) is 4.57 Å². The van der Waals surface area contributed by atoms with Gasteiger partial charge in [-0.25, -0.2) is 4.98 Å². The number of pyridine rings is 1. The molecule has 1 aliphatic rings. The fourth-order valence-corrected chi connectivity index (χ4v) is 6.33. The minimum atomic E-state index is 1.05. The van der Waals surface area contributed by atoms with Crippen molar-refractivity contribution < 1.29 is 4.57 Å². The Morgan fingerprint density at radius 3 is 2.61 bits per heavy atom. The van der Waals surface area contributed by atoms with Gasteiger partial charge in [-0.3, -0.25) is 0 Å². The van der Waals surface area contributed by atoms with Gasteiger partial charge in [0.25, 0.3) is 0 Å². The second kappa shape index (κ2) is 8.18. The minimum absolute atomic E-state index is 1.05. The van der Waals surface area contributed by atoms with E-state index < -0.39 is 0 Å². The summed E-state index contributed by atoms with van der Waals surface area (Å²) >= 11 is 3.56. The van der Waals surface area contributed by atoms with Crippen LogP contribution in [0.2, 0.25) is 0 Å². The van der Waals surface area contributed by atoms with E-state index in [1.54, 1.807) is 11.3 Å². The molecule has 0 unspecified atom stereocenters. The third-order valence-corrected chi connectivity index (χ3v) is 8.29. The number of hydrogen-bond acceptors (Lipinski definition) is 4. The van der Waals surface area contributed by atoms with Gasteiger partial charge in [0.2, 0.25) is 11.2 Å². The Kier molecular flexibility index (Phi) is 5.01. The van der Waals surface area contributed by atoms with E-state index in [2.05, 4.69) is 115 Å². The summed E-state index contributed by atoms with van der Waals surface area (Å²) in [6.45, 7) is 0. The van der Waals surface area contributed by atoms with Crippen LogP contribution in [0.1, 0.15) is 5.69 Å². The number of para-hydroxylation sites is 3. The van der Waals surface area contributed by atoms with E-state index in [-0.39, 0.29) is 0 Å². The first kappa shape index (κ1) is 20.2. The summed E-state index contributed by atoms with van der Waals surface area (Å²) in [5.74, 6) is 0. The summed E-state index contributed by atoms with van der Waals surface area (Å²) in [7, 11) is 4.25. The zero-order valence-electron chi connectivity index (χ0n) is 18.4. The van der Waals surface area contributed by atoms with Crippen molar-refractivity contribution in [3.8, 4) is 10.6 Å². The van der Waals surface area contributed by atoms with Crippen LogP contribution in [0.25, 0.3) is 37.8 Å². The van der Waals surface area contributed by atoms with Crippen molar-refractivity contribution in [2.24, 2.45) is 7.05 Å². The van der Waals surface area contributed by atoms with E-state index in [1.807, 2.05) is 17.8 Å². The van der Waals surface area contributed by atoms with Crippen LogP contribution in [0.4, 0.5) is 5.69 Å². The number of aromatic nitrogens is 2. The van der Waals surface area contributed by atoms with Gasteiger partial charge in [0.05, 0.1) is 26.3 Å². The molecular formula is C28H22N3S2+. The van der Waals surface area contributed by atoms with E-state index in [0.29, 0.717) is 0 Å². The van der Waals surface area contributed by atoms with Gasteiger partial charge in [-0.1, -0.05) is 54.2 Å². The largest absolute Gasteiger partial charge is 0.338 e. The zero-order chi connectivity index (χ0) is 22.4. The van der Waals surface area contributed by atoms with Crippen molar-refractivity contribution in [1.29, 1.82) is 0 Å². The van der Waals surface area contributed by atoms with Gasteiger partial charge in [0.1, 0.15) is 12.1 Å². The number of thioether (sulfide) groups is 1. The van der Waals surface area contributed by atoms with Gasteiger partial charge in [0, 0.05) is 35.7 Å². The van der Waals surface area contributed by atoms with Crippen LogP contribution in [0.3, 0.4) is 0 Å². The molecule has 0 bridgehead atoms. The third kappa shape index (κ3) is 3.54. The molecule has 2 aromatic heterocycles. The number of hydrogen-bond donors (Lipinski definition) is 0. The van der Waals surface area contributed by atoms with Crippen LogP contribution in [-0.4, -0.2) is 12.0 Å². The fraction of sp³-hybridized carbons (Fsp3) is 0.0714. The van der Waals surface area contributed by atoms with E-state index in [4.69, 9.17) is 4.98 Å². The third-order valence-electron chi connectivity index (χ3n) is 6.04. The normalized spacial score (nSPS) is 14.7. The number of fused-ring (bicyclic) bond motifs is 3. The number of allylic oxidation sites excluding steroid dienone is 2. The molecule has 0 N–H and O–H groups in total. The van der Waals surface area contributed by atoms with Crippen LogP contribution in [-0.2, 0) is 7.05 Å². The van der Waals surface area contributed by atoms with Crippen molar-refractivity contribution in [2.75, 3.05) is 11.9 Å². The average Bonchev–Trinajstić information content (AvgIpc) is 3.42. The monoisotopic (exact) mass is 464 g/mol. The summed E-state index contributed by atoms with van der Waals surface area (Å²) in [5.41, 5.74) is 5.83. The predicted molar refractivity (Wildman–Crippen MR) is 142 cm³/mol. The van der Waals surface area contributed by atoms with Crippen molar-refractivity contribution in [3.63, 3.8) is 0 Å². The van der Waals surface area contributed by atoms with E-state index >= 15 is 0 Å². The second-order valence-electron chi connectivity index (χ2n) is 8.04. The summed E-state index contributed by atoms with van der Waals surface area (Å²) in [4.78, 5) is 8.49. The Morgan fingerprint density at radius 1 is 0.939 bits per heavy atom. The quantitative estimate of drug-likeness (QED) is 0.267. The molecule has 33 heavy (non-hydrogen) atoms. The molecule has 0 radical (unpaired) electrons. The highest BCUT2D eigenvalue weighted by atomic mass is 32.2. The number of thiazole rings is 1. The van der Waals surface area contributed by atoms with Crippen LogP contribution < -0.4 is 9.47 Å². The summed E-state index contributed by atoms with van der Waals surface area (Å²) < 4.78 is 3.47.